The Morgan fingerprint density at radius 1 is 1.21 bits per heavy atom. The topological polar surface area (TPSA) is 47.6 Å². The summed E-state index contributed by atoms with van der Waals surface area (Å²) in [4.78, 5) is 12.3. The minimum atomic E-state index is -0.115. The summed E-state index contributed by atoms with van der Waals surface area (Å²) in [6.07, 6.45) is 0.769. The first-order valence-electron chi connectivity index (χ1n) is 8.38. The Balaban J connectivity index is 1.61. The summed E-state index contributed by atoms with van der Waals surface area (Å²) in [6.45, 7) is 4.85. The van der Waals surface area contributed by atoms with Crippen molar-refractivity contribution in [2.75, 3.05) is 13.2 Å². The van der Waals surface area contributed by atoms with Gasteiger partial charge in [0.25, 0.3) is 5.91 Å². The van der Waals surface area contributed by atoms with Crippen molar-refractivity contribution in [1.82, 2.24) is 5.32 Å². The quantitative estimate of drug-likeness (QED) is 0.909. The number of hydrogen-bond donors (Lipinski definition) is 1. The number of carbonyl (C=O) groups excluding carboxylic acids is 1. The van der Waals surface area contributed by atoms with Crippen LogP contribution in [0.1, 0.15) is 43.4 Å². The standard InChI is InChI=1S/C20H23NO3/c1-14(2)15-7-3-5-9-18(15)24-13-20(22)21-17-11-12-23-19-10-6-4-8-16(17)19/h3-10,14,17H,11-13H2,1-2H3,(H,21,22). The van der Waals surface area contributed by atoms with Crippen LogP contribution in [0.2, 0.25) is 0 Å². The Labute approximate surface area is 142 Å². The molecule has 4 nitrogen and oxygen atoms in total. The van der Waals surface area contributed by atoms with Crippen molar-refractivity contribution >= 4 is 5.91 Å². The summed E-state index contributed by atoms with van der Waals surface area (Å²) < 4.78 is 11.4. The number of rotatable bonds is 5. The van der Waals surface area contributed by atoms with Crippen molar-refractivity contribution in [3.63, 3.8) is 0 Å². The summed E-state index contributed by atoms with van der Waals surface area (Å²) in [6, 6.07) is 15.7. The SMILES string of the molecule is CC(C)c1ccccc1OCC(=O)NC1CCOc2ccccc21. The van der Waals surface area contributed by atoms with Gasteiger partial charge in [-0.1, -0.05) is 50.2 Å². The zero-order valence-electron chi connectivity index (χ0n) is 14.1. The second-order valence-electron chi connectivity index (χ2n) is 6.28. The lowest BCUT2D eigenvalue weighted by Gasteiger charge is -2.26. The first-order chi connectivity index (χ1) is 11.6. The van der Waals surface area contributed by atoms with Crippen LogP contribution in [0.4, 0.5) is 0 Å². The first kappa shape index (κ1) is 16.4. The number of nitrogens with one attached hydrogen (secondary N) is 1. The minimum Gasteiger partial charge on any atom is -0.493 e. The number of para-hydroxylation sites is 2. The van der Waals surface area contributed by atoms with E-state index in [0.717, 1.165) is 29.0 Å². The Hall–Kier alpha value is -2.49. The maximum absolute atomic E-state index is 12.3. The molecular formula is C20H23NO3. The molecule has 0 saturated heterocycles. The molecule has 0 aliphatic carbocycles. The Morgan fingerprint density at radius 2 is 1.96 bits per heavy atom. The molecule has 1 unspecified atom stereocenters. The summed E-state index contributed by atoms with van der Waals surface area (Å²) in [5.74, 6) is 1.86. The van der Waals surface area contributed by atoms with Gasteiger partial charge in [-0.05, 0) is 23.6 Å². The van der Waals surface area contributed by atoms with Gasteiger partial charge in [-0.3, -0.25) is 4.79 Å². The van der Waals surface area contributed by atoms with E-state index >= 15 is 0 Å². The molecular weight excluding hydrogens is 302 g/mol. The molecule has 4 heteroatoms. The van der Waals surface area contributed by atoms with Crippen LogP contribution in [-0.2, 0) is 4.79 Å². The fourth-order valence-electron chi connectivity index (χ4n) is 2.96. The number of benzene rings is 2. The van der Waals surface area contributed by atoms with Gasteiger partial charge in [0.2, 0.25) is 0 Å². The lowest BCUT2D eigenvalue weighted by molar-refractivity contribution is -0.124. The molecule has 2 aromatic rings. The number of fused-ring (bicyclic) bond motifs is 1. The normalized spacial score (nSPS) is 16.2. The van der Waals surface area contributed by atoms with Gasteiger partial charge < -0.3 is 14.8 Å². The van der Waals surface area contributed by atoms with Crippen LogP contribution in [0.3, 0.4) is 0 Å². The third-order valence-electron chi connectivity index (χ3n) is 4.19. The number of carbonyl (C=O) groups is 1. The summed E-state index contributed by atoms with van der Waals surface area (Å²) in [5.41, 5.74) is 2.14. The summed E-state index contributed by atoms with van der Waals surface area (Å²) in [5, 5.41) is 3.05. The molecule has 1 N–H and O–H groups in total. The molecule has 0 fully saturated rings. The average Bonchev–Trinajstić information content (AvgIpc) is 2.60. The molecule has 2 aromatic carbocycles. The van der Waals surface area contributed by atoms with E-state index in [0.29, 0.717) is 12.5 Å². The Morgan fingerprint density at radius 3 is 2.79 bits per heavy atom. The molecule has 0 aromatic heterocycles. The largest absolute Gasteiger partial charge is 0.493 e. The molecule has 24 heavy (non-hydrogen) atoms. The van der Waals surface area contributed by atoms with E-state index in [-0.39, 0.29) is 18.6 Å². The van der Waals surface area contributed by atoms with Crippen LogP contribution >= 0.6 is 0 Å². The average molecular weight is 325 g/mol. The van der Waals surface area contributed by atoms with Crippen molar-refractivity contribution in [3.8, 4) is 11.5 Å². The van der Waals surface area contributed by atoms with Crippen LogP contribution < -0.4 is 14.8 Å². The predicted octanol–water partition coefficient (Wildman–Crippen LogP) is 3.83. The van der Waals surface area contributed by atoms with Gasteiger partial charge >= 0.3 is 0 Å². The van der Waals surface area contributed by atoms with Crippen molar-refractivity contribution in [2.24, 2.45) is 0 Å². The molecule has 1 amide bonds. The van der Waals surface area contributed by atoms with E-state index in [1.165, 1.54) is 0 Å². The molecule has 0 bridgehead atoms. The predicted molar refractivity (Wildman–Crippen MR) is 93.5 cm³/mol. The molecule has 1 atom stereocenters. The van der Waals surface area contributed by atoms with Gasteiger partial charge in [-0.25, -0.2) is 0 Å². The minimum absolute atomic E-state index is 0.0171. The van der Waals surface area contributed by atoms with Gasteiger partial charge in [0.15, 0.2) is 6.61 Å². The highest BCUT2D eigenvalue weighted by atomic mass is 16.5. The van der Waals surface area contributed by atoms with E-state index < -0.39 is 0 Å². The Bertz CT molecular complexity index is 712. The molecule has 126 valence electrons. The van der Waals surface area contributed by atoms with Crippen molar-refractivity contribution in [1.29, 1.82) is 0 Å². The van der Waals surface area contributed by atoms with Crippen LogP contribution in [0, 0.1) is 0 Å². The van der Waals surface area contributed by atoms with E-state index in [1.807, 2.05) is 48.5 Å². The van der Waals surface area contributed by atoms with Gasteiger partial charge in [0.1, 0.15) is 11.5 Å². The number of amides is 1. The monoisotopic (exact) mass is 325 g/mol. The molecule has 1 aliphatic rings. The van der Waals surface area contributed by atoms with Crippen molar-refractivity contribution < 1.29 is 14.3 Å². The highest BCUT2D eigenvalue weighted by Crippen LogP contribution is 2.31. The van der Waals surface area contributed by atoms with E-state index in [1.54, 1.807) is 0 Å². The van der Waals surface area contributed by atoms with Crippen LogP contribution in [-0.4, -0.2) is 19.1 Å². The van der Waals surface area contributed by atoms with Gasteiger partial charge in [-0.15, -0.1) is 0 Å². The number of hydrogen-bond acceptors (Lipinski definition) is 3. The van der Waals surface area contributed by atoms with Crippen molar-refractivity contribution in [2.45, 2.75) is 32.2 Å². The summed E-state index contributed by atoms with van der Waals surface area (Å²) >= 11 is 0. The molecule has 1 heterocycles. The van der Waals surface area contributed by atoms with Gasteiger partial charge in [0.05, 0.1) is 12.6 Å². The van der Waals surface area contributed by atoms with E-state index in [2.05, 4.69) is 19.2 Å². The highest BCUT2D eigenvalue weighted by Gasteiger charge is 2.22. The second kappa shape index (κ2) is 7.39. The van der Waals surface area contributed by atoms with E-state index in [9.17, 15) is 4.79 Å². The molecule has 0 spiro atoms. The van der Waals surface area contributed by atoms with Crippen LogP contribution in [0.15, 0.2) is 48.5 Å². The molecule has 3 rings (SSSR count). The maximum atomic E-state index is 12.3. The fourth-order valence-corrected chi connectivity index (χ4v) is 2.96. The molecule has 0 radical (unpaired) electrons. The summed E-state index contributed by atoms with van der Waals surface area (Å²) in [7, 11) is 0. The van der Waals surface area contributed by atoms with Gasteiger partial charge in [0, 0.05) is 12.0 Å². The first-order valence-corrected chi connectivity index (χ1v) is 8.38. The molecule has 0 saturated carbocycles. The van der Waals surface area contributed by atoms with Gasteiger partial charge in [-0.2, -0.15) is 0 Å². The maximum Gasteiger partial charge on any atom is 0.258 e. The third-order valence-corrected chi connectivity index (χ3v) is 4.19. The van der Waals surface area contributed by atoms with Crippen LogP contribution in [0.5, 0.6) is 11.5 Å². The lowest BCUT2D eigenvalue weighted by Crippen LogP contribution is -2.35. The zero-order valence-corrected chi connectivity index (χ0v) is 14.1. The van der Waals surface area contributed by atoms with Crippen molar-refractivity contribution in [3.05, 3.63) is 59.7 Å². The molecule has 1 aliphatic heterocycles. The fraction of sp³-hybridized carbons (Fsp3) is 0.350. The van der Waals surface area contributed by atoms with Crippen LogP contribution in [0.25, 0.3) is 0 Å². The Kier molecular flexibility index (Phi) is 5.04. The smallest absolute Gasteiger partial charge is 0.258 e. The second-order valence-corrected chi connectivity index (χ2v) is 6.28. The zero-order chi connectivity index (χ0) is 16.9. The highest BCUT2D eigenvalue weighted by molar-refractivity contribution is 5.78. The lowest BCUT2D eigenvalue weighted by atomic mass is 10.0. The van der Waals surface area contributed by atoms with E-state index in [4.69, 9.17) is 9.47 Å². The number of ether oxygens (including phenoxy) is 2. The third kappa shape index (κ3) is 3.70.